The molecule has 0 aliphatic heterocycles. The average molecular weight is 396 g/mol. The zero-order valence-corrected chi connectivity index (χ0v) is 17.2. The van der Waals surface area contributed by atoms with Crippen LogP contribution < -0.4 is 10.6 Å². The maximum atomic E-state index is 12.1. The second-order valence-corrected chi connectivity index (χ2v) is 6.89. The summed E-state index contributed by atoms with van der Waals surface area (Å²) in [6, 6.07) is 13.3. The summed E-state index contributed by atoms with van der Waals surface area (Å²) in [6.45, 7) is 5.48. The van der Waals surface area contributed by atoms with Crippen molar-refractivity contribution in [3.05, 3.63) is 59.2 Å². The molecule has 0 atom stereocenters. The van der Waals surface area contributed by atoms with E-state index in [0.29, 0.717) is 6.42 Å². The lowest BCUT2D eigenvalue weighted by atomic mass is 10.1. The highest BCUT2D eigenvalue weighted by Gasteiger charge is 2.12. The number of carbonyl (C=O) groups is 3. The number of nitrogens with one attached hydrogen (secondary N) is 2. The van der Waals surface area contributed by atoms with E-state index in [1.807, 2.05) is 63.2 Å². The molecule has 2 N–H and O–H groups in total. The topological polar surface area (TPSA) is 84.5 Å². The predicted molar refractivity (Wildman–Crippen MR) is 114 cm³/mol. The maximum Gasteiger partial charge on any atom is 0.306 e. The Labute approximate surface area is 171 Å². The third-order valence-electron chi connectivity index (χ3n) is 4.57. The van der Waals surface area contributed by atoms with Crippen LogP contribution in [-0.4, -0.2) is 24.4 Å². The van der Waals surface area contributed by atoms with Crippen molar-refractivity contribution in [1.82, 2.24) is 0 Å². The number of hydrogen-bond acceptors (Lipinski definition) is 4. The molecule has 0 radical (unpaired) electrons. The lowest BCUT2D eigenvalue weighted by Crippen LogP contribution is -2.22. The van der Waals surface area contributed by atoms with Gasteiger partial charge in [0, 0.05) is 24.2 Å². The van der Waals surface area contributed by atoms with Crippen molar-refractivity contribution < 1.29 is 19.1 Å². The first-order chi connectivity index (χ1) is 13.9. The van der Waals surface area contributed by atoms with Crippen LogP contribution in [0.5, 0.6) is 0 Å². The minimum Gasteiger partial charge on any atom is -0.456 e. The normalized spacial score (nSPS) is 10.3. The van der Waals surface area contributed by atoms with Crippen molar-refractivity contribution in [2.45, 2.75) is 46.5 Å². The lowest BCUT2D eigenvalue weighted by molar-refractivity contribution is -0.147. The molecular weight excluding hydrogens is 368 g/mol. The summed E-state index contributed by atoms with van der Waals surface area (Å²) in [6.07, 6.45) is 1.48. The van der Waals surface area contributed by atoms with E-state index in [-0.39, 0.29) is 31.3 Å². The molecule has 6 nitrogen and oxygen atoms in total. The van der Waals surface area contributed by atoms with Crippen molar-refractivity contribution in [2.24, 2.45) is 0 Å². The quantitative estimate of drug-likeness (QED) is 0.624. The highest BCUT2D eigenvalue weighted by atomic mass is 16.5. The third kappa shape index (κ3) is 7.07. The molecule has 0 aromatic heterocycles. The van der Waals surface area contributed by atoms with Crippen LogP contribution in [0.3, 0.4) is 0 Å². The van der Waals surface area contributed by atoms with E-state index < -0.39 is 5.97 Å². The van der Waals surface area contributed by atoms with Gasteiger partial charge >= 0.3 is 5.97 Å². The number of rotatable bonds is 9. The first-order valence-electron chi connectivity index (χ1n) is 9.80. The fourth-order valence-electron chi connectivity index (χ4n) is 2.96. The van der Waals surface area contributed by atoms with Crippen LogP contribution in [0.25, 0.3) is 0 Å². The van der Waals surface area contributed by atoms with E-state index in [4.69, 9.17) is 4.74 Å². The number of carbonyl (C=O) groups excluding carboxylic acids is 3. The molecule has 2 amide bonds. The van der Waals surface area contributed by atoms with Gasteiger partial charge in [0.1, 0.15) is 0 Å². The molecule has 0 saturated heterocycles. The first-order valence-corrected chi connectivity index (χ1v) is 9.80. The molecule has 0 bridgehead atoms. The molecule has 0 heterocycles. The van der Waals surface area contributed by atoms with Gasteiger partial charge in [0.2, 0.25) is 5.91 Å². The van der Waals surface area contributed by atoms with Crippen LogP contribution in [0.2, 0.25) is 0 Å². The minimum absolute atomic E-state index is 0.0829. The Morgan fingerprint density at radius 1 is 0.862 bits per heavy atom. The molecule has 2 rings (SSSR count). The number of anilines is 2. The number of aryl methyl sites for hydroxylation is 3. The molecule has 6 heteroatoms. The molecular formula is C23H28N2O4. The van der Waals surface area contributed by atoms with Crippen molar-refractivity contribution in [1.29, 1.82) is 0 Å². The van der Waals surface area contributed by atoms with Gasteiger partial charge in [0.25, 0.3) is 5.91 Å². The largest absolute Gasteiger partial charge is 0.456 e. The summed E-state index contributed by atoms with van der Waals surface area (Å²) < 4.78 is 5.01. The van der Waals surface area contributed by atoms with E-state index >= 15 is 0 Å². The van der Waals surface area contributed by atoms with Crippen molar-refractivity contribution in [2.75, 3.05) is 17.2 Å². The van der Waals surface area contributed by atoms with Gasteiger partial charge in [-0.05, 0) is 49.4 Å². The van der Waals surface area contributed by atoms with Gasteiger partial charge in [-0.3, -0.25) is 14.4 Å². The fraction of sp³-hybridized carbons (Fsp3) is 0.348. The second-order valence-electron chi connectivity index (χ2n) is 6.89. The summed E-state index contributed by atoms with van der Waals surface area (Å²) in [5.74, 6) is -1.03. The summed E-state index contributed by atoms with van der Waals surface area (Å²) in [5.41, 5.74) is 4.49. The summed E-state index contributed by atoms with van der Waals surface area (Å²) in [5, 5.41) is 5.63. The summed E-state index contributed by atoms with van der Waals surface area (Å²) in [7, 11) is 0. The molecule has 2 aromatic rings. The van der Waals surface area contributed by atoms with E-state index in [0.717, 1.165) is 34.5 Å². The Balaban J connectivity index is 1.69. The van der Waals surface area contributed by atoms with E-state index in [1.165, 1.54) is 0 Å². The number of ether oxygens (including phenoxy) is 1. The molecule has 0 aliphatic rings. The molecule has 0 unspecified atom stereocenters. The monoisotopic (exact) mass is 396 g/mol. The minimum atomic E-state index is -0.497. The molecule has 0 fully saturated rings. The summed E-state index contributed by atoms with van der Waals surface area (Å²) >= 11 is 0. The van der Waals surface area contributed by atoms with Crippen molar-refractivity contribution >= 4 is 29.2 Å². The van der Waals surface area contributed by atoms with Crippen LogP contribution in [0.1, 0.15) is 42.9 Å². The van der Waals surface area contributed by atoms with Gasteiger partial charge in [-0.15, -0.1) is 0 Å². The number of para-hydroxylation sites is 2. The van der Waals surface area contributed by atoms with Crippen LogP contribution in [0.4, 0.5) is 11.4 Å². The van der Waals surface area contributed by atoms with Crippen molar-refractivity contribution in [3.63, 3.8) is 0 Å². The van der Waals surface area contributed by atoms with Crippen LogP contribution in [0.15, 0.2) is 42.5 Å². The average Bonchev–Trinajstić information content (AvgIpc) is 2.69. The van der Waals surface area contributed by atoms with Gasteiger partial charge in [0.05, 0.1) is 0 Å². The van der Waals surface area contributed by atoms with Crippen LogP contribution in [0, 0.1) is 13.8 Å². The number of amides is 2. The molecule has 29 heavy (non-hydrogen) atoms. The molecule has 154 valence electrons. The van der Waals surface area contributed by atoms with E-state index in [9.17, 15) is 14.4 Å². The van der Waals surface area contributed by atoms with Crippen LogP contribution >= 0.6 is 0 Å². The fourth-order valence-corrected chi connectivity index (χ4v) is 2.96. The van der Waals surface area contributed by atoms with E-state index in [1.54, 1.807) is 0 Å². The Kier molecular flexibility index (Phi) is 8.40. The Hall–Kier alpha value is -3.15. The second kappa shape index (κ2) is 11.0. The van der Waals surface area contributed by atoms with E-state index in [2.05, 4.69) is 10.6 Å². The number of benzene rings is 2. The zero-order valence-electron chi connectivity index (χ0n) is 17.2. The highest BCUT2D eigenvalue weighted by Crippen LogP contribution is 2.19. The molecule has 0 spiro atoms. The Morgan fingerprint density at radius 3 is 2.24 bits per heavy atom. The zero-order chi connectivity index (χ0) is 21.2. The smallest absolute Gasteiger partial charge is 0.306 e. The van der Waals surface area contributed by atoms with Gasteiger partial charge < -0.3 is 15.4 Å². The lowest BCUT2D eigenvalue weighted by Gasteiger charge is -2.11. The standard InChI is InChI=1S/C23H28N2O4/c1-4-18-11-5-6-12-19(18)24-20(26)13-8-14-22(28)29-15-21(27)25-23-16(2)9-7-10-17(23)3/h5-7,9-12H,4,8,13-15H2,1-3H3,(H,24,26)(H,25,27). The van der Waals surface area contributed by atoms with Gasteiger partial charge in [0.15, 0.2) is 6.61 Å². The molecule has 0 saturated carbocycles. The van der Waals surface area contributed by atoms with Gasteiger partial charge in [-0.25, -0.2) is 0 Å². The maximum absolute atomic E-state index is 12.1. The number of esters is 1. The van der Waals surface area contributed by atoms with Crippen molar-refractivity contribution in [3.8, 4) is 0 Å². The molecule has 0 aliphatic carbocycles. The summed E-state index contributed by atoms with van der Waals surface area (Å²) in [4.78, 5) is 35.9. The number of hydrogen-bond donors (Lipinski definition) is 2. The molecule has 2 aromatic carbocycles. The van der Waals surface area contributed by atoms with Gasteiger partial charge in [-0.1, -0.05) is 43.3 Å². The van der Waals surface area contributed by atoms with Gasteiger partial charge in [-0.2, -0.15) is 0 Å². The van der Waals surface area contributed by atoms with Crippen LogP contribution in [-0.2, 0) is 25.5 Å². The SMILES string of the molecule is CCc1ccccc1NC(=O)CCCC(=O)OCC(=O)Nc1c(C)cccc1C. The Morgan fingerprint density at radius 2 is 1.55 bits per heavy atom. The highest BCUT2D eigenvalue weighted by molar-refractivity contribution is 5.94. The predicted octanol–water partition coefficient (Wildman–Crippen LogP) is 4.16. The Bertz CT molecular complexity index is 857. The third-order valence-corrected chi connectivity index (χ3v) is 4.57. The first kappa shape index (κ1) is 22.1.